The molecule has 4 rings (SSSR count). The second-order valence-electron chi connectivity index (χ2n) is 9.50. The minimum atomic E-state index is -5.08. The molecule has 1 heterocycles. The van der Waals surface area contributed by atoms with Crippen LogP contribution in [0.25, 0.3) is 0 Å². The maximum absolute atomic E-state index is 13.6. The molecular weight excluding hydrogens is 546 g/mol. The van der Waals surface area contributed by atoms with Gasteiger partial charge in [0.2, 0.25) is 0 Å². The van der Waals surface area contributed by atoms with Crippen molar-refractivity contribution in [2.24, 2.45) is 0 Å². The van der Waals surface area contributed by atoms with Gasteiger partial charge in [0.05, 0.1) is 14.2 Å². The molecule has 13 heteroatoms. The molecule has 0 unspecified atom stereocenters. The summed E-state index contributed by atoms with van der Waals surface area (Å²) in [6.07, 6.45) is -1.38. The number of carboxylic acid groups (broad SMARTS) is 1. The SMILES string of the molecule is COc1ccc([C@@]23CC[C@@H](NC(=O)Nc4cc(F)cc(Cl)c4)C[C@@H]2N(C)CC3)cc1OC.O=C(O)C(F)(F)F. The van der Waals surface area contributed by atoms with Crippen LogP contribution in [0.4, 0.5) is 28.0 Å². The predicted molar refractivity (Wildman–Crippen MR) is 137 cm³/mol. The number of fused-ring (bicyclic) bond motifs is 1. The number of ether oxygens (including phenoxy) is 2. The maximum atomic E-state index is 13.6. The van der Waals surface area contributed by atoms with Crippen LogP contribution in [0.2, 0.25) is 5.02 Å². The number of aliphatic carboxylic acids is 1. The Morgan fingerprint density at radius 3 is 2.36 bits per heavy atom. The predicted octanol–water partition coefficient (Wildman–Crippen LogP) is 5.45. The van der Waals surface area contributed by atoms with Gasteiger partial charge in [0, 0.05) is 28.2 Å². The molecule has 1 aliphatic carbocycles. The monoisotopic (exact) mass is 575 g/mol. The summed E-state index contributed by atoms with van der Waals surface area (Å²) in [6.45, 7) is 1.000. The highest BCUT2D eigenvalue weighted by Crippen LogP contribution is 2.49. The molecule has 2 aromatic rings. The van der Waals surface area contributed by atoms with E-state index in [0.29, 0.717) is 11.7 Å². The molecule has 214 valence electrons. The average Bonchev–Trinajstić information content (AvgIpc) is 3.19. The Balaban J connectivity index is 0.000000532. The van der Waals surface area contributed by atoms with E-state index in [1.54, 1.807) is 14.2 Å². The Morgan fingerprint density at radius 2 is 1.77 bits per heavy atom. The van der Waals surface area contributed by atoms with Crippen molar-refractivity contribution < 1.29 is 41.7 Å². The van der Waals surface area contributed by atoms with E-state index in [-0.39, 0.29) is 22.5 Å². The van der Waals surface area contributed by atoms with Gasteiger partial charge in [0.15, 0.2) is 11.5 Å². The van der Waals surface area contributed by atoms with Crippen molar-refractivity contribution in [1.29, 1.82) is 0 Å². The minimum absolute atomic E-state index is 0.0129. The van der Waals surface area contributed by atoms with Crippen molar-refractivity contribution in [3.05, 3.63) is 52.8 Å². The number of carbonyl (C=O) groups excluding carboxylic acids is 1. The van der Waals surface area contributed by atoms with Crippen LogP contribution in [-0.4, -0.2) is 68.1 Å². The van der Waals surface area contributed by atoms with Crippen molar-refractivity contribution in [1.82, 2.24) is 10.2 Å². The van der Waals surface area contributed by atoms with Crippen molar-refractivity contribution in [2.75, 3.05) is 33.1 Å². The first kappa shape index (κ1) is 30.3. The van der Waals surface area contributed by atoms with E-state index >= 15 is 0 Å². The van der Waals surface area contributed by atoms with Crippen molar-refractivity contribution in [2.45, 2.75) is 49.4 Å². The zero-order valence-electron chi connectivity index (χ0n) is 21.6. The van der Waals surface area contributed by atoms with Gasteiger partial charge in [-0.1, -0.05) is 17.7 Å². The molecule has 0 bridgehead atoms. The van der Waals surface area contributed by atoms with Crippen LogP contribution in [0.15, 0.2) is 36.4 Å². The molecule has 2 aliphatic rings. The van der Waals surface area contributed by atoms with Crippen molar-refractivity contribution in [3.8, 4) is 11.5 Å². The number of benzene rings is 2. The lowest BCUT2D eigenvalue weighted by atomic mass is 9.65. The van der Waals surface area contributed by atoms with Gasteiger partial charge in [0.25, 0.3) is 0 Å². The maximum Gasteiger partial charge on any atom is 0.490 e. The number of alkyl halides is 3. The van der Waals surface area contributed by atoms with Crippen LogP contribution in [0, 0.1) is 5.82 Å². The highest BCUT2D eigenvalue weighted by atomic mass is 35.5. The third kappa shape index (κ3) is 7.24. The standard InChI is InChI=1S/C24H29ClFN3O3.C2HF3O2/c1-29-9-8-24(15-4-5-20(31-2)21(10-15)32-3)7-6-18(14-22(24)29)27-23(30)28-19-12-16(25)11-17(26)13-19;3-2(4,5)1(6)7/h4-5,10-13,18,22H,6-9,14H2,1-3H3,(H2,27,28,30);(H,6,7)/t18-,22+,24+;/m1./s1. The first-order chi connectivity index (χ1) is 18.3. The van der Waals surface area contributed by atoms with Crippen LogP contribution in [-0.2, 0) is 10.2 Å². The summed E-state index contributed by atoms with van der Waals surface area (Å²) in [7, 11) is 5.44. The molecule has 8 nitrogen and oxygen atoms in total. The molecule has 1 aliphatic heterocycles. The summed E-state index contributed by atoms with van der Waals surface area (Å²) in [6, 6.07) is 10.2. The van der Waals surface area contributed by atoms with Gasteiger partial charge in [-0.3, -0.25) is 0 Å². The summed E-state index contributed by atoms with van der Waals surface area (Å²) in [5.41, 5.74) is 1.60. The quantitative estimate of drug-likeness (QED) is 0.410. The number of carbonyl (C=O) groups is 2. The Bertz CT molecular complexity index is 1180. The number of methoxy groups -OCH3 is 2. The number of nitrogens with one attached hydrogen (secondary N) is 2. The van der Waals surface area contributed by atoms with Crippen LogP contribution in [0.3, 0.4) is 0 Å². The largest absolute Gasteiger partial charge is 0.493 e. The van der Waals surface area contributed by atoms with Gasteiger partial charge >= 0.3 is 18.2 Å². The van der Waals surface area contributed by atoms with Crippen LogP contribution < -0.4 is 20.1 Å². The molecule has 0 aromatic heterocycles. The third-order valence-electron chi connectivity index (χ3n) is 7.18. The fourth-order valence-corrected chi connectivity index (χ4v) is 5.59. The van der Waals surface area contributed by atoms with Crippen LogP contribution in [0.5, 0.6) is 11.5 Å². The normalized spacial score (nSPS) is 22.7. The van der Waals surface area contributed by atoms with Gasteiger partial charge in [-0.2, -0.15) is 13.2 Å². The van der Waals surface area contributed by atoms with Gasteiger partial charge in [0.1, 0.15) is 5.82 Å². The number of nitrogens with zero attached hydrogens (tertiary/aromatic N) is 1. The summed E-state index contributed by atoms with van der Waals surface area (Å²) in [5.74, 6) is -1.79. The Labute approximate surface area is 228 Å². The second kappa shape index (κ2) is 12.3. The second-order valence-corrected chi connectivity index (χ2v) is 9.94. The summed E-state index contributed by atoms with van der Waals surface area (Å²) >= 11 is 5.88. The number of likely N-dealkylation sites (tertiary alicyclic amines) is 1. The first-order valence-electron chi connectivity index (χ1n) is 12.1. The van der Waals surface area contributed by atoms with E-state index in [9.17, 15) is 22.4 Å². The number of carboxylic acids is 1. The van der Waals surface area contributed by atoms with E-state index in [1.807, 2.05) is 6.07 Å². The first-order valence-corrected chi connectivity index (χ1v) is 12.4. The average molecular weight is 576 g/mol. The topological polar surface area (TPSA) is 100 Å². The van der Waals surface area contributed by atoms with Gasteiger partial charge in [-0.05, 0) is 75.2 Å². The molecule has 1 saturated heterocycles. The number of urea groups is 1. The van der Waals surface area contributed by atoms with Gasteiger partial charge < -0.3 is 30.1 Å². The van der Waals surface area contributed by atoms with Crippen LogP contribution in [0.1, 0.15) is 31.2 Å². The van der Waals surface area contributed by atoms with E-state index in [0.717, 1.165) is 43.7 Å². The number of hydrogen-bond donors (Lipinski definition) is 3. The molecule has 3 N–H and O–H groups in total. The lowest BCUT2D eigenvalue weighted by Gasteiger charge is -2.45. The number of hydrogen-bond acceptors (Lipinski definition) is 5. The highest BCUT2D eigenvalue weighted by molar-refractivity contribution is 6.30. The van der Waals surface area contributed by atoms with E-state index in [2.05, 4.69) is 34.7 Å². The molecule has 2 amide bonds. The lowest BCUT2D eigenvalue weighted by molar-refractivity contribution is -0.192. The van der Waals surface area contributed by atoms with Gasteiger partial charge in [-0.25, -0.2) is 14.0 Å². The molecule has 0 radical (unpaired) electrons. The molecule has 0 spiro atoms. The van der Waals surface area contributed by atoms with Gasteiger partial charge in [-0.15, -0.1) is 0 Å². The fraction of sp³-hybridized carbons (Fsp3) is 0.462. The zero-order valence-corrected chi connectivity index (χ0v) is 22.3. The number of halogens is 5. The number of likely N-dealkylation sites (N-methyl/N-ethyl adjacent to an activating group) is 1. The van der Waals surface area contributed by atoms with Crippen LogP contribution >= 0.6 is 11.6 Å². The molecule has 2 fully saturated rings. The van der Waals surface area contributed by atoms with Crippen molar-refractivity contribution in [3.63, 3.8) is 0 Å². The molecule has 3 atom stereocenters. The Hall–Kier alpha value is -3.25. The number of amides is 2. The Kier molecular flexibility index (Phi) is 9.55. The minimum Gasteiger partial charge on any atom is -0.493 e. The van der Waals surface area contributed by atoms with E-state index < -0.39 is 18.0 Å². The molecule has 1 saturated carbocycles. The third-order valence-corrected chi connectivity index (χ3v) is 7.40. The summed E-state index contributed by atoms with van der Waals surface area (Å²) < 4.78 is 56.2. The number of anilines is 1. The van der Waals surface area contributed by atoms with E-state index in [1.165, 1.54) is 23.8 Å². The molecular formula is C26H30ClF4N3O5. The zero-order chi connectivity index (χ0) is 29.0. The van der Waals surface area contributed by atoms with Crippen molar-refractivity contribution >= 4 is 29.3 Å². The summed E-state index contributed by atoms with van der Waals surface area (Å²) in [5, 5.41) is 13.1. The van der Waals surface area contributed by atoms with E-state index in [4.69, 9.17) is 31.0 Å². The number of rotatable bonds is 5. The lowest BCUT2D eigenvalue weighted by Crippen LogP contribution is -2.52. The molecule has 39 heavy (non-hydrogen) atoms. The molecule has 2 aromatic carbocycles. The smallest absolute Gasteiger partial charge is 0.490 e. The fourth-order valence-electron chi connectivity index (χ4n) is 5.37. The summed E-state index contributed by atoms with van der Waals surface area (Å²) in [4.78, 5) is 23.8. The highest BCUT2D eigenvalue weighted by Gasteiger charge is 2.50. The Morgan fingerprint density at radius 1 is 1.10 bits per heavy atom.